The molecular formula is C26H30N2O3S2. The van der Waals surface area contributed by atoms with Crippen molar-refractivity contribution in [2.75, 3.05) is 24.5 Å². The second kappa shape index (κ2) is 8.76. The fraction of sp³-hybridized carbons (Fsp3) is 0.423. The zero-order valence-corrected chi connectivity index (χ0v) is 21.2. The number of carbonyl (C=O) groups is 2. The lowest BCUT2D eigenvalue weighted by Gasteiger charge is -2.48. The molecule has 174 valence electrons. The standard InChI is InChI=1S/C26H30N2O3S2/c1-25(2)10-12-27-13-11-26(3,4)19-15-17(14-18(25)22(19)27)8-6-5-7-9-20-23(31)28(16-21(29)30)24(32)33-20/h5-9,14-15H,10-13,16H2,1-4H3,(H,29,30)/b7-5+,8-6+,20-9+. The topological polar surface area (TPSA) is 60.9 Å². The normalized spacial score (nSPS) is 22.6. The van der Waals surface area contributed by atoms with Crippen LogP contribution < -0.4 is 4.90 Å². The van der Waals surface area contributed by atoms with Gasteiger partial charge < -0.3 is 10.0 Å². The molecule has 3 heterocycles. The Morgan fingerprint density at radius 3 is 2.27 bits per heavy atom. The number of allylic oxidation sites excluding steroid dienone is 4. The summed E-state index contributed by atoms with van der Waals surface area (Å²) >= 11 is 6.25. The van der Waals surface area contributed by atoms with Gasteiger partial charge >= 0.3 is 5.97 Å². The highest BCUT2D eigenvalue weighted by atomic mass is 32.2. The van der Waals surface area contributed by atoms with Crippen molar-refractivity contribution in [3.8, 4) is 0 Å². The molecule has 33 heavy (non-hydrogen) atoms. The van der Waals surface area contributed by atoms with Crippen molar-refractivity contribution in [2.24, 2.45) is 0 Å². The predicted molar refractivity (Wildman–Crippen MR) is 140 cm³/mol. The van der Waals surface area contributed by atoms with Crippen LogP contribution in [0.25, 0.3) is 6.08 Å². The van der Waals surface area contributed by atoms with Crippen molar-refractivity contribution in [3.05, 3.63) is 58.0 Å². The summed E-state index contributed by atoms with van der Waals surface area (Å²) in [4.78, 5) is 27.4. The van der Waals surface area contributed by atoms with Crippen LogP contribution in [-0.2, 0) is 20.4 Å². The van der Waals surface area contributed by atoms with Crippen molar-refractivity contribution in [1.82, 2.24) is 4.90 Å². The molecule has 0 spiro atoms. The van der Waals surface area contributed by atoms with Gasteiger partial charge in [-0.3, -0.25) is 14.5 Å². The maximum Gasteiger partial charge on any atom is 0.323 e. The third kappa shape index (κ3) is 4.66. The Balaban J connectivity index is 1.56. The number of anilines is 1. The number of amides is 1. The molecule has 1 aromatic carbocycles. The third-order valence-corrected chi connectivity index (χ3v) is 8.24. The lowest BCUT2D eigenvalue weighted by atomic mass is 9.69. The van der Waals surface area contributed by atoms with Gasteiger partial charge in [0.1, 0.15) is 10.9 Å². The molecule has 3 aliphatic heterocycles. The summed E-state index contributed by atoms with van der Waals surface area (Å²) in [5.74, 6) is -1.44. The van der Waals surface area contributed by atoms with Gasteiger partial charge in [0.25, 0.3) is 5.91 Å². The molecular weight excluding hydrogens is 452 g/mol. The molecule has 3 aliphatic rings. The molecule has 1 N–H and O–H groups in total. The highest BCUT2D eigenvalue weighted by Crippen LogP contribution is 2.49. The number of aliphatic carboxylic acids is 1. The van der Waals surface area contributed by atoms with Crippen LogP contribution in [0.2, 0.25) is 0 Å². The summed E-state index contributed by atoms with van der Waals surface area (Å²) in [6, 6.07) is 4.65. The number of hydrogen-bond donors (Lipinski definition) is 1. The van der Waals surface area contributed by atoms with E-state index in [1.165, 1.54) is 22.4 Å². The molecule has 1 aromatic rings. The van der Waals surface area contributed by atoms with Crippen LogP contribution in [0.1, 0.15) is 57.2 Å². The molecule has 1 amide bonds. The van der Waals surface area contributed by atoms with Crippen LogP contribution in [0.15, 0.2) is 41.3 Å². The number of benzene rings is 1. The number of thiocarbonyl (C=S) groups is 1. The fourth-order valence-corrected chi connectivity index (χ4v) is 5.93. The van der Waals surface area contributed by atoms with E-state index in [0.29, 0.717) is 4.91 Å². The first-order valence-corrected chi connectivity index (χ1v) is 12.5. The molecule has 1 fully saturated rings. The summed E-state index contributed by atoms with van der Waals surface area (Å²) < 4.78 is 0.278. The predicted octanol–water partition coefficient (Wildman–Crippen LogP) is 5.25. The van der Waals surface area contributed by atoms with Gasteiger partial charge in [0.2, 0.25) is 0 Å². The number of hydrogen-bond acceptors (Lipinski definition) is 5. The van der Waals surface area contributed by atoms with Gasteiger partial charge in [0, 0.05) is 18.8 Å². The second-order valence-electron chi connectivity index (χ2n) is 10.1. The average Bonchev–Trinajstić information content (AvgIpc) is 2.99. The van der Waals surface area contributed by atoms with Crippen LogP contribution >= 0.6 is 24.0 Å². The van der Waals surface area contributed by atoms with Crippen molar-refractivity contribution in [2.45, 2.75) is 51.4 Å². The highest BCUT2D eigenvalue weighted by Gasteiger charge is 2.39. The molecule has 0 saturated carbocycles. The molecule has 0 bridgehead atoms. The Morgan fingerprint density at radius 2 is 1.70 bits per heavy atom. The Morgan fingerprint density at radius 1 is 1.09 bits per heavy atom. The van der Waals surface area contributed by atoms with Crippen LogP contribution in [0.5, 0.6) is 0 Å². The van der Waals surface area contributed by atoms with E-state index in [9.17, 15) is 9.59 Å². The molecule has 0 aliphatic carbocycles. The first-order valence-electron chi connectivity index (χ1n) is 11.2. The maximum absolute atomic E-state index is 12.3. The summed E-state index contributed by atoms with van der Waals surface area (Å²) in [6.45, 7) is 11.2. The van der Waals surface area contributed by atoms with E-state index in [0.717, 1.165) is 42.6 Å². The number of carbonyl (C=O) groups excluding carboxylic acids is 1. The van der Waals surface area contributed by atoms with Gasteiger partial charge in [-0.25, -0.2) is 0 Å². The SMILES string of the molecule is CC1(C)CCN2CCC(C)(C)c3cc(/C=C/C=C/C=C4/SC(=S)N(CC(=O)O)C4=O)cc1c32. The van der Waals surface area contributed by atoms with Crippen LogP contribution in [-0.4, -0.2) is 45.8 Å². The fourth-order valence-electron chi connectivity index (χ4n) is 4.72. The third-order valence-electron chi connectivity index (χ3n) is 6.85. The second-order valence-corrected chi connectivity index (χ2v) is 11.8. The van der Waals surface area contributed by atoms with E-state index >= 15 is 0 Å². The lowest BCUT2D eigenvalue weighted by molar-refractivity contribution is -0.140. The summed E-state index contributed by atoms with van der Waals surface area (Å²) in [7, 11) is 0. The first kappa shape index (κ1) is 23.8. The van der Waals surface area contributed by atoms with Gasteiger partial charge in [-0.15, -0.1) is 0 Å². The Kier molecular flexibility index (Phi) is 6.31. The molecule has 0 atom stereocenters. The number of rotatable bonds is 5. The van der Waals surface area contributed by atoms with E-state index in [2.05, 4.69) is 50.8 Å². The molecule has 0 unspecified atom stereocenters. The number of nitrogens with zero attached hydrogens (tertiary/aromatic N) is 2. The zero-order chi connectivity index (χ0) is 24.0. The van der Waals surface area contributed by atoms with E-state index in [1.54, 1.807) is 12.2 Å². The molecule has 4 rings (SSSR count). The molecule has 0 radical (unpaired) electrons. The molecule has 5 nitrogen and oxygen atoms in total. The van der Waals surface area contributed by atoms with Gasteiger partial charge in [0.05, 0.1) is 4.91 Å². The smallest absolute Gasteiger partial charge is 0.323 e. The minimum absolute atomic E-state index is 0.151. The monoisotopic (exact) mass is 482 g/mol. The largest absolute Gasteiger partial charge is 0.480 e. The van der Waals surface area contributed by atoms with E-state index in [-0.39, 0.29) is 21.1 Å². The van der Waals surface area contributed by atoms with Crippen molar-refractivity contribution < 1.29 is 14.7 Å². The summed E-state index contributed by atoms with van der Waals surface area (Å²) in [5.41, 5.74) is 5.80. The van der Waals surface area contributed by atoms with E-state index < -0.39 is 12.5 Å². The number of thioether (sulfide) groups is 1. The summed E-state index contributed by atoms with van der Waals surface area (Å²) in [5, 5.41) is 8.94. The van der Waals surface area contributed by atoms with Crippen molar-refractivity contribution in [1.29, 1.82) is 0 Å². The van der Waals surface area contributed by atoms with Crippen LogP contribution in [0, 0.1) is 0 Å². The van der Waals surface area contributed by atoms with Gasteiger partial charge in [-0.2, -0.15) is 0 Å². The number of carboxylic acids is 1. The first-order chi connectivity index (χ1) is 15.5. The number of carboxylic acid groups (broad SMARTS) is 1. The van der Waals surface area contributed by atoms with Crippen molar-refractivity contribution >= 4 is 51.9 Å². The Labute approximate surface area is 205 Å². The zero-order valence-electron chi connectivity index (χ0n) is 19.6. The van der Waals surface area contributed by atoms with Crippen LogP contribution in [0.3, 0.4) is 0 Å². The van der Waals surface area contributed by atoms with Crippen molar-refractivity contribution in [3.63, 3.8) is 0 Å². The Hall–Kier alpha value is -2.38. The molecule has 0 aromatic heterocycles. The minimum Gasteiger partial charge on any atom is -0.480 e. The minimum atomic E-state index is -1.08. The lowest BCUT2D eigenvalue weighted by Crippen LogP contribution is -2.44. The molecule has 1 saturated heterocycles. The van der Waals surface area contributed by atoms with Gasteiger partial charge in [0.15, 0.2) is 0 Å². The highest BCUT2D eigenvalue weighted by molar-refractivity contribution is 8.26. The van der Waals surface area contributed by atoms with Crippen LogP contribution in [0.4, 0.5) is 5.69 Å². The average molecular weight is 483 g/mol. The quantitative estimate of drug-likeness (QED) is 0.351. The van der Waals surface area contributed by atoms with Gasteiger partial charge in [-0.1, -0.05) is 76.0 Å². The molecule has 7 heteroatoms. The summed E-state index contributed by atoms with van der Waals surface area (Å²) in [6.07, 6.45) is 11.8. The Bertz CT molecular complexity index is 1070. The van der Waals surface area contributed by atoms with Gasteiger partial charge in [-0.05, 0) is 58.6 Å². The van der Waals surface area contributed by atoms with E-state index in [1.807, 2.05) is 12.2 Å². The van der Waals surface area contributed by atoms with E-state index in [4.69, 9.17) is 17.3 Å². The maximum atomic E-state index is 12.3.